The molecule has 0 aliphatic rings. The van der Waals surface area contributed by atoms with E-state index in [1.54, 1.807) is 67.8 Å². The van der Waals surface area contributed by atoms with Crippen LogP contribution in [0.2, 0.25) is 0 Å². The summed E-state index contributed by atoms with van der Waals surface area (Å²) in [7, 11) is 0. The number of amides is 3. The third-order valence-corrected chi connectivity index (χ3v) is 7.37. The molecule has 34 heavy (non-hydrogen) atoms. The van der Waals surface area contributed by atoms with Gasteiger partial charge in [0, 0.05) is 36.5 Å². The van der Waals surface area contributed by atoms with Gasteiger partial charge in [0.25, 0.3) is 17.7 Å². The molecular formula is C19H24I3N3O9. The number of rotatable bonds is 11. The fraction of sp³-hybridized carbons (Fsp3) is 0.474. The van der Waals surface area contributed by atoms with E-state index >= 15 is 0 Å². The Hall–Kier alpha value is -0.870. The van der Waals surface area contributed by atoms with Crippen LogP contribution in [0.5, 0.6) is 0 Å². The number of halogens is 3. The Morgan fingerprint density at radius 3 is 1.62 bits per heavy atom. The van der Waals surface area contributed by atoms with Crippen molar-refractivity contribution in [1.82, 2.24) is 10.6 Å². The number of anilines is 1. The number of carbonyl (C=O) groups is 4. The van der Waals surface area contributed by atoms with Crippen LogP contribution < -0.4 is 16.0 Å². The molecule has 3 atom stereocenters. The lowest BCUT2D eigenvalue weighted by molar-refractivity contribution is -0.150. The predicted octanol–water partition coefficient (Wildman–Crippen LogP) is 0.252. The summed E-state index contributed by atoms with van der Waals surface area (Å²) < 4.78 is 5.50. The van der Waals surface area contributed by atoms with E-state index in [1.807, 2.05) is 0 Å². The third-order valence-electron chi connectivity index (χ3n) is 4.13. The average molecular weight is 819 g/mol. The van der Waals surface area contributed by atoms with Gasteiger partial charge in [0.15, 0.2) is 6.10 Å². The number of ether oxygens (including phenoxy) is 1. The Kier molecular flexibility index (Phi) is 13.4. The molecule has 0 saturated heterocycles. The first kappa shape index (κ1) is 31.2. The topological polar surface area (TPSA) is 195 Å². The minimum absolute atomic E-state index is 0.0455. The van der Waals surface area contributed by atoms with Crippen LogP contribution >= 0.6 is 67.8 Å². The number of nitrogens with one attached hydrogen (secondary N) is 3. The summed E-state index contributed by atoms with van der Waals surface area (Å²) in [6.07, 6.45) is -4.17. The molecule has 0 spiro atoms. The Labute approximate surface area is 236 Å². The number of carbonyl (C=O) groups excluding carboxylic acids is 4. The van der Waals surface area contributed by atoms with E-state index in [9.17, 15) is 29.4 Å². The summed E-state index contributed by atoms with van der Waals surface area (Å²) in [6, 6.07) is 0. The van der Waals surface area contributed by atoms with Gasteiger partial charge >= 0.3 is 5.97 Å². The molecule has 0 saturated carbocycles. The Morgan fingerprint density at radius 2 is 1.26 bits per heavy atom. The van der Waals surface area contributed by atoms with Gasteiger partial charge in [-0.25, -0.2) is 0 Å². The summed E-state index contributed by atoms with van der Waals surface area (Å²) in [5.41, 5.74) is -0.0131. The smallest absolute Gasteiger partial charge is 0.303 e. The lowest BCUT2D eigenvalue weighted by Gasteiger charge is -2.22. The van der Waals surface area contributed by atoms with Gasteiger partial charge < -0.3 is 41.1 Å². The van der Waals surface area contributed by atoms with Crippen molar-refractivity contribution in [2.24, 2.45) is 0 Å². The van der Waals surface area contributed by atoms with E-state index in [4.69, 9.17) is 14.9 Å². The molecular weight excluding hydrogens is 795 g/mol. The van der Waals surface area contributed by atoms with Gasteiger partial charge in [0.2, 0.25) is 0 Å². The second-order valence-corrected chi connectivity index (χ2v) is 10.0. The Morgan fingerprint density at radius 1 is 0.853 bits per heavy atom. The fourth-order valence-electron chi connectivity index (χ4n) is 2.54. The molecule has 15 heteroatoms. The zero-order valence-electron chi connectivity index (χ0n) is 18.0. The standard InChI is InChI=1S/C19H24I3N3O9/c1-7(34-8(2)28)17(31)25-16-14(21)11(18(32)23-9(29)3-5-26)13(20)12(15(16)22)19(33)24-10(30)4-6-27/h7,9-10,26-27,29-30H,3-6H2,1-2H3,(H,23,32)(H,24,33)(H,25,31)/t7-,9?,10?/m0/s1. The van der Waals surface area contributed by atoms with Crippen molar-refractivity contribution in [3.63, 3.8) is 0 Å². The first-order valence-corrected chi connectivity index (χ1v) is 13.0. The molecule has 12 nitrogen and oxygen atoms in total. The molecule has 0 aromatic heterocycles. The molecule has 0 radical (unpaired) electrons. The number of aliphatic hydroxyl groups is 4. The summed E-state index contributed by atoms with van der Waals surface area (Å²) in [4.78, 5) is 49.7. The molecule has 1 aromatic rings. The van der Waals surface area contributed by atoms with E-state index < -0.39 is 42.3 Å². The van der Waals surface area contributed by atoms with E-state index in [2.05, 4.69) is 16.0 Å². The van der Waals surface area contributed by atoms with Gasteiger partial charge in [-0.05, 0) is 74.7 Å². The minimum Gasteiger partial charge on any atom is -0.453 e. The maximum Gasteiger partial charge on any atom is 0.303 e. The van der Waals surface area contributed by atoms with Gasteiger partial charge in [0.05, 0.1) is 24.0 Å². The van der Waals surface area contributed by atoms with Crippen LogP contribution in [0.3, 0.4) is 0 Å². The lowest BCUT2D eigenvalue weighted by Crippen LogP contribution is -2.39. The molecule has 0 aliphatic carbocycles. The van der Waals surface area contributed by atoms with Crippen molar-refractivity contribution >= 4 is 97.2 Å². The molecule has 1 rings (SSSR count). The van der Waals surface area contributed by atoms with Crippen molar-refractivity contribution in [2.75, 3.05) is 18.5 Å². The van der Waals surface area contributed by atoms with Gasteiger partial charge in [-0.15, -0.1) is 0 Å². The van der Waals surface area contributed by atoms with Crippen LogP contribution in [0.1, 0.15) is 47.4 Å². The second-order valence-electron chi connectivity index (χ2n) is 6.81. The average Bonchev–Trinajstić information content (AvgIpc) is 2.70. The van der Waals surface area contributed by atoms with Gasteiger partial charge in [-0.2, -0.15) is 0 Å². The largest absolute Gasteiger partial charge is 0.453 e. The van der Waals surface area contributed by atoms with Crippen molar-refractivity contribution in [3.05, 3.63) is 21.8 Å². The predicted molar refractivity (Wildman–Crippen MR) is 145 cm³/mol. The van der Waals surface area contributed by atoms with Crippen LogP contribution in [0.25, 0.3) is 0 Å². The summed E-state index contributed by atoms with van der Waals surface area (Å²) in [6.45, 7) is 1.73. The van der Waals surface area contributed by atoms with Crippen LogP contribution in [0.15, 0.2) is 0 Å². The van der Waals surface area contributed by atoms with Crippen molar-refractivity contribution in [1.29, 1.82) is 0 Å². The highest BCUT2D eigenvalue weighted by Crippen LogP contribution is 2.36. The Balaban J connectivity index is 3.59. The molecule has 2 unspecified atom stereocenters. The van der Waals surface area contributed by atoms with Crippen LogP contribution in [-0.2, 0) is 14.3 Å². The van der Waals surface area contributed by atoms with Crippen molar-refractivity contribution < 1.29 is 44.3 Å². The van der Waals surface area contributed by atoms with Crippen LogP contribution in [0.4, 0.5) is 5.69 Å². The maximum atomic E-state index is 12.9. The molecule has 0 bridgehead atoms. The van der Waals surface area contributed by atoms with E-state index in [-0.39, 0.29) is 53.6 Å². The molecule has 0 heterocycles. The van der Waals surface area contributed by atoms with Gasteiger partial charge in [-0.1, -0.05) is 0 Å². The number of benzene rings is 1. The molecule has 0 fully saturated rings. The highest BCUT2D eigenvalue weighted by atomic mass is 127. The van der Waals surface area contributed by atoms with Crippen molar-refractivity contribution in [2.45, 2.75) is 45.2 Å². The van der Waals surface area contributed by atoms with Gasteiger partial charge in [-0.3, -0.25) is 19.2 Å². The SMILES string of the molecule is CC(=O)O[C@@H](C)C(=O)Nc1c(I)c(C(=O)NC(O)CCO)c(I)c(C(=O)NC(O)CCO)c1I. The van der Waals surface area contributed by atoms with Crippen LogP contribution in [0, 0.1) is 10.7 Å². The molecule has 190 valence electrons. The molecule has 3 amide bonds. The molecule has 1 aromatic carbocycles. The highest BCUT2D eigenvalue weighted by molar-refractivity contribution is 14.1. The second kappa shape index (κ2) is 14.6. The zero-order chi connectivity index (χ0) is 26.2. The number of esters is 1. The minimum atomic E-state index is -1.37. The quantitative estimate of drug-likeness (QED) is 0.0932. The summed E-state index contributed by atoms with van der Waals surface area (Å²) >= 11 is 5.36. The third kappa shape index (κ3) is 8.66. The summed E-state index contributed by atoms with van der Waals surface area (Å²) in [5.74, 6) is -2.95. The van der Waals surface area contributed by atoms with Gasteiger partial charge in [0.1, 0.15) is 12.5 Å². The van der Waals surface area contributed by atoms with Crippen molar-refractivity contribution in [3.8, 4) is 0 Å². The number of aliphatic hydroxyl groups excluding tert-OH is 4. The van der Waals surface area contributed by atoms with Crippen LogP contribution in [-0.4, -0.2) is 75.9 Å². The van der Waals surface area contributed by atoms with E-state index in [0.717, 1.165) is 6.92 Å². The lowest BCUT2D eigenvalue weighted by atomic mass is 10.1. The molecule has 0 aliphatic heterocycles. The van der Waals surface area contributed by atoms with E-state index in [1.165, 1.54) is 6.92 Å². The monoisotopic (exact) mass is 819 g/mol. The first-order valence-electron chi connectivity index (χ1n) is 9.73. The fourth-order valence-corrected chi connectivity index (χ4v) is 6.95. The number of hydrogen-bond acceptors (Lipinski definition) is 9. The van der Waals surface area contributed by atoms with E-state index in [0.29, 0.717) is 0 Å². The normalized spacial score (nSPS) is 13.4. The zero-order valence-corrected chi connectivity index (χ0v) is 24.5. The maximum absolute atomic E-state index is 12.9. The Bertz CT molecular complexity index is 892. The number of hydrogen-bond donors (Lipinski definition) is 7. The summed E-state index contributed by atoms with van der Waals surface area (Å²) in [5, 5.41) is 44.9. The molecule has 7 N–H and O–H groups in total. The highest BCUT2D eigenvalue weighted by Gasteiger charge is 2.30. The first-order chi connectivity index (χ1) is 15.8.